The number of Topliss-reactive ketones (excluding diaryl/α,β-unsaturated/α-hetero) is 1. The minimum atomic E-state index is 0.206. The van der Waals surface area contributed by atoms with Gasteiger partial charge in [0.15, 0.2) is 0 Å². The van der Waals surface area contributed by atoms with Gasteiger partial charge in [0.2, 0.25) is 0 Å². The van der Waals surface area contributed by atoms with E-state index >= 15 is 0 Å². The molecular weight excluding hydrogens is 256 g/mol. The second-order valence-electron chi connectivity index (χ2n) is 9.57. The first-order valence-electron chi connectivity index (χ1n) is 8.97. The van der Waals surface area contributed by atoms with Gasteiger partial charge in [-0.2, -0.15) is 0 Å². The van der Waals surface area contributed by atoms with Gasteiger partial charge < -0.3 is 0 Å². The summed E-state index contributed by atoms with van der Waals surface area (Å²) >= 11 is 0. The van der Waals surface area contributed by atoms with Gasteiger partial charge in [-0.3, -0.25) is 4.79 Å². The number of hydrogen-bond acceptors (Lipinski definition) is 1. The lowest BCUT2D eigenvalue weighted by Gasteiger charge is -2.64. The highest BCUT2D eigenvalue weighted by Gasteiger charge is 2.66. The molecule has 0 aromatic rings. The van der Waals surface area contributed by atoms with Crippen LogP contribution in [0.15, 0.2) is 11.6 Å². The van der Waals surface area contributed by atoms with E-state index in [9.17, 15) is 4.79 Å². The monoisotopic (exact) mass is 286 g/mol. The molecule has 0 aromatic carbocycles. The van der Waals surface area contributed by atoms with Crippen LogP contribution in [0, 0.1) is 34.0 Å². The van der Waals surface area contributed by atoms with E-state index in [4.69, 9.17) is 0 Å². The molecule has 0 radical (unpaired) electrons. The SMILES string of the molecule is CC1=CCC23CC1CC2CCC1C(C)(C)CC(=O)CC13C. The summed E-state index contributed by atoms with van der Waals surface area (Å²) in [6.45, 7) is 9.56. The van der Waals surface area contributed by atoms with Crippen LogP contribution in [-0.4, -0.2) is 5.78 Å². The summed E-state index contributed by atoms with van der Waals surface area (Å²) in [5.74, 6) is 2.96. The van der Waals surface area contributed by atoms with Crippen molar-refractivity contribution in [3.63, 3.8) is 0 Å². The molecule has 0 aliphatic heterocycles. The van der Waals surface area contributed by atoms with E-state index in [-0.39, 0.29) is 10.8 Å². The Morgan fingerprint density at radius 3 is 2.67 bits per heavy atom. The first-order chi connectivity index (χ1) is 9.78. The molecule has 3 fully saturated rings. The standard InChI is InChI=1S/C20H30O/c1-13-7-8-20-10-14(13)9-15(20)5-6-17-18(2,3)11-16(21)12-19(17,20)4/h7,14-15,17H,5-6,8-12H2,1-4H3. The first kappa shape index (κ1) is 14.0. The van der Waals surface area contributed by atoms with Crippen molar-refractivity contribution < 1.29 is 4.79 Å². The van der Waals surface area contributed by atoms with Crippen molar-refractivity contribution in [2.45, 2.75) is 72.6 Å². The molecule has 1 spiro atoms. The Hall–Kier alpha value is -0.590. The fourth-order valence-corrected chi connectivity index (χ4v) is 7.38. The Morgan fingerprint density at radius 2 is 1.90 bits per heavy atom. The Bertz CT molecular complexity index is 528. The third-order valence-electron chi connectivity index (χ3n) is 8.26. The van der Waals surface area contributed by atoms with Crippen molar-refractivity contribution in [1.82, 2.24) is 0 Å². The van der Waals surface area contributed by atoms with Crippen molar-refractivity contribution in [2.24, 2.45) is 34.0 Å². The molecule has 0 heterocycles. The van der Waals surface area contributed by atoms with E-state index in [1.807, 2.05) is 0 Å². The fraction of sp³-hybridized carbons (Fsp3) is 0.850. The quantitative estimate of drug-likeness (QED) is 0.562. The van der Waals surface area contributed by atoms with Crippen LogP contribution < -0.4 is 0 Å². The summed E-state index contributed by atoms with van der Waals surface area (Å²) in [6.07, 6.45) is 11.0. The van der Waals surface area contributed by atoms with E-state index in [2.05, 4.69) is 33.8 Å². The zero-order chi connectivity index (χ0) is 15.0. The number of carbonyl (C=O) groups is 1. The van der Waals surface area contributed by atoms with Crippen LogP contribution in [0.25, 0.3) is 0 Å². The normalized spacial score (nSPS) is 51.1. The minimum Gasteiger partial charge on any atom is -0.300 e. The van der Waals surface area contributed by atoms with Gasteiger partial charge in [-0.25, -0.2) is 0 Å². The molecule has 5 atom stereocenters. The van der Waals surface area contributed by atoms with E-state index < -0.39 is 0 Å². The van der Waals surface area contributed by atoms with E-state index in [1.165, 1.54) is 32.1 Å². The van der Waals surface area contributed by atoms with Gasteiger partial charge in [0.1, 0.15) is 5.78 Å². The first-order valence-corrected chi connectivity index (χ1v) is 8.97. The third-order valence-corrected chi connectivity index (χ3v) is 8.26. The van der Waals surface area contributed by atoms with Crippen molar-refractivity contribution in [1.29, 1.82) is 0 Å². The molecule has 4 rings (SSSR count). The average molecular weight is 286 g/mol. The molecule has 0 saturated heterocycles. The molecule has 4 aliphatic carbocycles. The molecule has 0 aromatic heterocycles. The maximum absolute atomic E-state index is 12.5. The lowest BCUT2D eigenvalue weighted by molar-refractivity contribution is -0.165. The lowest BCUT2D eigenvalue weighted by atomic mass is 9.40. The zero-order valence-electron chi connectivity index (χ0n) is 14.2. The van der Waals surface area contributed by atoms with Crippen LogP contribution >= 0.6 is 0 Å². The van der Waals surface area contributed by atoms with E-state index in [1.54, 1.807) is 5.57 Å². The number of fused-ring (bicyclic) bond motifs is 2. The molecule has 2 bridgehead atoms. The van der Waals surface area contributed by atoms with Gasteiger partial charge in [0.25, 0.3) is 0 Å². The van der Waals surface area contributed by atoms with Gasteiger partial charge in [0.05, 0.1) is 0 Å². The molecule has 1 nitrogen and oxygen atoms in total. The predicted molar refractivity (Wildman–Crippen MR) is 85.9 cm³/mol. The lowest BCUT2D eigenvalue weighted by Crippen LogP contribution is -2.58. The fourth-order valence-electron chi connectivity index (χ4n) is 7.38. The molecule has 0 N–H and O–H groups in total. The maximum Gasteiger partial charge on any atom is 0.134 e. The number of ketones is 1. The number of rotatable bonds is 0. The van der Waals surface area contributed by atoms with Crippen LogP contribution in [0.5, 0.6) is 0 Å². The van der Waals surface area contributed by atoms with Gasteiger partial charge >= 0.3 is 0 Å². The van der Waals surface area contributed by atoms with Crippen molar-refractivity contribution >= 4 is 5.78 Å². The van der Waals surface area contributed by atoms with Crippen molar-refractivity contribution in [3.8, 4) is 0 Å². The van der Waals surface area contributed by atoms with Crippen LogP contribution in [0.1, 0.15) is 72.6 Å². The number of allylic oxidation sites excluding steroid dienone is 2. The molecule has 0 amide bonds. The highest BCUT2D eigenvalue weighted by molar-refractivity contribution is 5.81. The summed E-state index contributed by atoms with van der Waals surface area (Å²) < 4.78 is 0. The highest BCUT2D eigenvalue weighted by Crippen LogP contribution is 2.73. The Labute approximate surface area is 129 Å². The smallest absolute Gasteiger partial charge is 0.134 e. The van der Waals surface area contributed by atoms with Gasteiger partial charge in [-0.05, 0) is 73.0 Å². The minimum absolute atomic E-state index is 0.206. The summed E-state index contributed by atoms with van der Waals surface area (Å²) in [5, 5.41) is 0. The summed E-state index contributed by atoms with van der Waals surface area (Å²) in [7, 11) is 0. The van der Waals surface area contributed by atoms with Gasteiger partial charge in [0, 0.05) is 12.8 Å². The second-order valence-corrected chi connectivity index (χ2v) is 9.57. The molecule has 116 valence electrons. The van der Waals surface area contributed by atoms with Crippen molar-refractivity contribution in [2.75, 3.05) is 0 Å². The van der Waals surface area contributed by atoms with Crippen molar-refractivity contribution in [3.05, 3.63) is 11.6 Å². The molecule has 5 unspecified atom stereocenters. The van der Waals surface area contributed by atoms with Gasteiger partial charge in [-0.15, -0.1) is 0 Å². The molecule has 1 heteroatoms. The van der Waals surface area contributed by atoms with Crippen LogP contribution in [0.2, 0.25) is 0 Å². The van der Waals surface area contributed by atoms with E-state index in [0.717, 1.165) is 30.6 Å². The third kappa shape index (κ3) is 1.61. The van der Waals surface area contributed by atoms with E-state index in [0.29, 0.717) is 11.2 Å². The Kier molecular flexibility index (Phi) is 2.69. The van der Waals surface area contributed by atoms with Crippen LogP contribution in [0.4, 0.5) is 0 Å². The zero-order valence-corrected chi connectivity index (χ0v) is 14.2. The predicted octanol–water partition coefficient (Wildman–Crippen LogP) is 5.15. The largest absolute Gasteiger partial charge is 0.300 e. The van der Waals surface area contributed by atoms with Crippen LogP contribution in [-0.2, 0) is 4.79 Å². The summed E-state index contributed by atoms with van der Waals surface area (Å²) in [5.41, 5.74) is 2.53. The molecule has 4 aliphatic rings. The summed E-state index contributed by atoms with van der Waals surface area (Å²) in [6, 6.07) is 0. The Balaban J connectivity index is 1.83. The topological polar surface area (TPSA) is 17.1 Å². The second kappa shape index (κ2) is 4.03. The maximum atomic E-state index is 12.5. The molecular formula is C20H30O. The Morgan fingerprint density at radius 1 is 1.14 bits per heavy atom. The number of carbonyl (C=O) groups excluding carboxylic acids is 1. The summed E-state index contributed by atoms with van der Waals surface area (Å²) in [4.78, 5) is 12.5. The molecule has 3 saturated carbocycles. The van der Waals surface area contributed by atoms with Crippen LogP contribution in [0.3, 0.4) is 0 Å². The number of hydrogen-bond donors (Lipinski definition) is 0. The highest BCUT2D eigenvalue weighted by atomic mass is 16.1. The molecule has 21 heavy (non-hydrogen) atoms. The average Bonchev–Trinajstić information content (AvgIpc) is 2.69. The van der Waals surface area contributed by atoms with Gasteiger partial charge in [-0.1, -0.05) is 32.4 Å².